The second-order valence-corrected chi connectivity index (χ2v) is 7.14. The van der Waals surface area contributed by atoms with Gasteiger partial charge in [-0.2, -0.15) is 5.10 Å². The molecule has 0 atom stereocenters. The highest BCUT2D eigenvalue weighted by Gasteiger charge is 2.14. The number of hydrogen-bond donors (Lipinski definition) is 1. The first-order valence-electron chi connectivity index (χ1n) is 9.89. The van der Waals surface area contributed by atoms with Crippen LogP contribution in [0.15, 0.2) is 42.5 Å². The maximum Gasteiger partial charge on any atom is 0.339 e. The van der Waals surface area contributed by atoms with Crippen LogP contribution in [0.25, 0.3) is 0 Å². The van der Waals surface area contributed by atoms with E-state index in [0.29, 0.717) is 31.0 Å². The molecule has 3 rings (SSSR count). The Morgan fingerprint density at radius 2 is 1.83 bits per heavy atom. The zero-order chi connectivity index (χ0) is 21.7. The topological polar surface area (TPSA) is 86.1 Å². The number of benzene rings is 1. The van der Waals surface area contributed by atoms with Crippen molar-refractivity contribution in [2.45, 2.75) is 40.8 Å². The van der Waals surface area contributed by atoms with Crippen molar-refractivity contribution in [1.82, 2.24) is 20.1 Å². The molecule has 0 saturated carbocycles. The lowest BCUT2D eigenvalue weighted by Gasteiger charge is -2.10. The second-order valence-electron chi connectivity index (χ2n) is 7.14. The van der Waals surface area contributed by atoms with E-state index in [4.69, 9.17) is 4.74 Å². The molecule has 0 unspecified atom stereocenters. The van der Waals surface area contributed by atoms with Crippen LogP contribution >= 0.6 is 0 Å². The van der Waals surface area contributed by atoms with Crippen LogP contribution in [-0.4, -0.2) is 33.2 Å². The first-order chi connectivity index (χ1) is 14.4. The molecule has 0 radical (unpaired) electrons. The van der Waals surface area contributed by atoms with Crippen LogP contribution in [0.5, 0.6) is 0 Å². The number of amides is 1. The van der Waals surface area contributed by atoms with E-state index in [0.717, 1.165) is 22.5 Å². The summed E-state index contributed by atoms with van der Waals surface area (Å²) in [6.07, 6.45) is 0. The van der Waals surface area contributed by atoms with Gasteiger partial charge in [-0.3, -0.25) is 9.48 Å². The number of ether oxygens (including phenoxy) is 1. The van der Waals surface area contributed by atoms with Gasteiger partial charge in [0.2, 0.25) is 0 Å². The smallest absolute Gasteiger partial charge is 0.339 e. The fourth-order valence-electron chi connectivity index (χ4n) is 3.23. The predicted octanol–water partition coefficient (Wildman–Crippen LogP) is 3.36. The van der Waals surface area contributed by atoms with Crippen LogP contribution in [-0.2, 0) is 17.8 Å². The normalized spacial score (nSPS) is 10.7. The van der Waals surface area contributed by atoms with Gasteiger partial charge >= 0.3 is 5.97 Å². The number of carbonyl (C=O) groups excluding carboxylic acids is 2. The third kappa shape index (κ3) is 5.11. The minimum Gasteiger partial charge on any atom is -0.462 e. The van der Waals surface area contributed by atoms with Gasteiger partial charge in [0.1, 0.15) is 5.69 Å². The summed E-state index contributed by atoms with van der Waals surface area (Å²) in [4.78, 5) is 28.6. The molecule has 0 aliphatic rings. The fraction of sp³-hybridized carbons (Fsp3) is 0.304. The van der Waals surface area contributed by atoms with Gasteiger partial charge in [0.15, 0.2) is 0 Å². The molecule has 2 heterocycles. The van der Waals surface area contributed by atoms with E-state index in [1.165, 1.54) is 6.07 Å². The Labute approximate surface area is 176 Å². The molecule has 0 spiro atoms. The van der Waals surface area contributed by atoms with E-state index >= 15 is 0 Å². The van der Waals surface area contributed by atoms with Gasteiger partial charge in [-0.25, -0.2) is 9.78 Å². The zero-order valence-electron chi connectivity index (χ0n) is 17.7. The zero-order valence-corrected chi connectivity index (χ0v) is 17.7. The predicted molar refractivity (Wildman–Crippen MR) is 113 cm³/mol. The molecule has 1 aromatic carbocycles. The van der Waals surface area contributed by atoms with E-state index < -0.39 is 5.97 Å². The van der Waals surface area contributed by atoms with Crippen LogP contribution in [0.1, 0.15) is 56.0 Å². The van der Waals surface area contributed by atoms with Gasteiger partial charge in [-0.05, 0) is 57.0 Å². The highest BCUT2D eigenvalue weighted by atomic mass is 16.5. The molecule has 0 bridgehead atoms. The van der Waals surface area contributed by atoms with Crippen molar-refractivity contribution in [1.29, 1.82) is 0 Å². The lowest BCUT2D eigenvalue weighted by Crippen LogP contribution is -2.24. The number of nitrogens with one attached hydrogen (secondary N) is 1. The number of rotatable bonds is 7. The number of esters is 1. The maximum absolute atomic E-state index is 12.5. The Morgan fingerprint density at radius 1 is 1.07 bits per heavy atom. The number of aromatic nitrogens is 3. The average Bonchev–Trinajstić information content (AvgIpc) is 3.03. The molecule has 2 aromatic heterocycles. The lowest BCUT2D eigenvalue weighted by atomic mass is 10.1. The summed E-state index contributed by atoms with van der Waals surface area (Å²) < 4.78 is 6.95. The Balaban J connectivity index is 1.64. The fourth-order valence-corrected chi connectivity index (χ4v) is 3.23. The number of pyridine rings is 1. The summed E-state index contributed by atoms with van der Waals surface area (Å²) in [5.74, 6) is -0.730. The molecule has 0 aliphatic carbocycles. The van der Waals surface area contributed by atoms with Crippen LogP contribution in [0.2, 0.25) is 0 Å². The number of carbonyl (C=O) groups is 2. The standard InChI is InChI=1S/C23H26N4O3/c1-5-30-23(29)20-9-10-21(25-17(20)4)22(28)24-13-18-7-6-8-19(12-18)14-27-16(3)11-15(2)26-27/h6-12H,5,13-14H2,1-4H3,(H,24,28). The van der Waals surface area contributed by atoms with Crippen molar-refractivity contribution in [3.8, 4) is 0 Å². The quantitative estimate of drug-likeness (QED) is 0.608. The Bertz CT molecular complexity index is 1070. The molecule has 3 aromatic rings. The second kappa shape index (κ2) is 9.35. The minimum atomic E-state index is -0.436. The molecular weight excluding hydrogens is 380 g/mol. The van der Waals surface area contributed by atoms with Crippen molar-refractivity contribution in [3.63, 3.8) is 0 Å². The molecule has 30 heavy (non-hydrogen) atoms. The van der Waals surface area contributed by atoms with Crippen molar-refractivity contribution >= 4 is 11.9 Å². The molecule has 156 valence electrons. The van der Waals surface area contributed by atoms with Gasteiger partial charge in [0.05, 0.1) is 30.1 Å². The number of nitrogens with zero attached hydrogens (tertiary/aromatic N) is 3. The number of hydrogen-bond acceptors (Lipinski definition) is 5. The van der Waals surface area contributed by atoms with E-state index in [1.54, 1.807) is 19.9 Å². The Kier molecular flexibility index (Phi) is 6.61. The third-order valence-electron chi connectivity index (χ3n) is 4.69. The first kappa shape index (κ1) is 21.2. The van der Waals surface area contributed by atoms with Crippen molar-refractivity contribution < 1.29 is 14.3 Å². The highest BCUT2D eigenvalue weighted by Crippen LogP contribution is 2.11. The van der Waals surface area contributed by atoms with Crippen LogP contribution in [0.3, 0.4) is 0 Å². The average molecular weight is 406 g/mol. The molecule has 0 fully saturated rings. The van der Waals surface area contributed by atoms with Gasteiger partial charge in [0.25, 0.3) is 5.91 Å². The van der Waals surface area contributed by atoms with Gasteiger partial charge in [-0.1, -0.05) is 24.3 Å². The largest absolute Gasteiger partial charge is 0.462 e. The van der Waals surface area contributed by atoms with Crippen molar-refractivity contribution in [2.24, 2.45) is 0 Å². The summed E-state index contributed by atoms with van der Waals surface area (Å²) in [7, 11) is 0. The molecule has 7 nitrogen and oxygen atoms in total. The van der Waals surface area contributed by atoms with Gasteiger partial charge in [-0.15, -0.1) is 0 Å². The van der Waals surface area contributed by atoms with E-state index in [2.05, 4.69) is 21.5 Å². The highest BCUT2D eigenvalue weighted by molar-refractivity contribution is 5.95. The van der Waals surface area contributed by atoms with Crippen molar-refractivity contribution in [3.05, 3.63) is 81.9 Å². The summed E-state index contributed by atoms with van der Waals surface area (Å²) in [6, 6.07) is 13.2. The Hall–Kier alpha value is -3.48. The monoisotopic (exact) mass is 406 g/mol. The van der Waals surface area contributed by atoms with Gasteiger partial charge in [0, 0.05) is 12.2 Å². The van der Waals surface area contributed by atoms with E-state index in [9.17, 15) is 9.59 Å². The van der Waals surface area contributed by atoms with E-state index in [1.807, 2.05) is 42.8 Å². The summed E-state index contributed by atoms with van der Waals surface area (Å²) >= 11 is 0. The summed E-state index contributed by atoms with van der Waals surface area (Å²) in [5.41, 5.74) is 5.30. The van der Waals surface area contributed by atoms with Gasteiger partial charge < -0.3 is 10.1 Å². The van der Waals surface area contributed by atoms with E-state index in [-0.39, 0.29) is 11.6 Å². The maximum atomic E-state index is 12.5. The SMILES string of the molecule is CCOC(=O)c1ccc(C(=O)NCc2cccc(Cn3nc(C)cc3C)c2)nc1C. The molecule has 0 saturated heterocycles. The van der Waals surface area contributed by atoms with Crippen LogP contribution < -0.4 is 5.32 Å². The summed E-state index contributed by atoms with van der Waals surface area (Å²) in [6.45, 7) is 8.79. The number of aryl methyl sites for hydroxylation is 3. The molecule has 1 amide bonds. The minimum absolute atomic E-state index is 0.263. The van der Waals surface area contributed by atoms with Crippen LogP contribution in [0, 0.1) is 20.8 Å². The van der Waals surface area contributed by atoms with Crippen molar-refractivity contribution in [2.75, 3.05) is 6.61 Å². The first-order valence-corrected chi connectivity index (χ1v) is 9.89. The molecule has 0 aliphatic heterocycles. The summed E-state index contributed by atoms with van der Waals surface area (Å²) in [5, 5.41) is 7.38. The molecular formula is C23H26N4O3. The molecule has 7 heteroatoms. The Morgan fingerprint density at radius 3 is 2.50 bits per heavy atom. The van der Waals surface area contributed by atoms with Crippen LogP contribution in [0.4, 0.5) is 0 Å². The lowest BCUT2D eigenvalue weighted by molar-refractivity contribution is 0.0524. The molecule has 1 N–H and O–H groups in total. The third-order valence-corrected chi connectivity index (χ3v) is 4.69.